The lowest BCUT2D eigenvalue weighted by Crippen LogP contribution is -2.46. The third-order valence-electron chi connectivity index (χ3n) is 5.04. The third-order valence-corrected chi connectivity index (χ3v) is 5.04. The fraction of sp³-hybridized carbons (Fsp3) is 0.455. The fourth-order valence-corrected chi connectivity index (χ4v) is 3.43. The number of morpholine rings is 1. The molecule has 168 valence electrons. The number of nitrogens with zero attached hydrogens (tertiary/aromatic N) is 3. The van der Waals surface area contributed by atoms with E-state index >= 15 is 0 Å². The van der Waals surface area contributed by atoms with Crippen molar-refractivity contribution in [2.45, 2.75) is 25.7 Å². The second-order valence-corrected chi connectivity index (χ2v) is 7.18. The number of halogens is 3. The van der Waals surface area contributed by atoms with Gasteiger partial charge in [-0.05, 0) is 36.8 Å². The highest BCUT2D eigenvalue weighted by Gasteiger charge is 2.31. The van der Waals surface area contributed by atoms with Crippen molar-refractivity contribution in [2.75, 3.05) is 39.4 Å². The third kappa shape index (κ3) is 6.93. The van der Waals surface area contributed by atoms with Gasteiger partial charge in [-0.3, -0.25) is 9.88 Å². The van der Waals surface area contributed by atoms with Gasteiger partial charge >= 0.3 is 6.18 Å². The summed E-state index contributed by atoms with van der Waals surface area (Å²) in [6.07, 6.45) is -2.62. The van der Waals surface area contributed by atoms with E-state index in [2.05, 4.69) is 25.5 Å². The molecule has 6 nitrogen and oxygen atoms in total. The molecule has 31 heavy (non-hydrogen) atoms. The molecule has 1 saturated heterocycles. The molecule has 0 saturated carbocycles. The van der Waals surface area contributed by atoms with Crippen LogP contribution in [0.25, 0.3) is 0 Å². The molecular weight excluding hydrogens is 407 g/mol. The van der Waals surface area contributed by atoms with Crippen LogP contribution >= 0.6 is 0 Å². The number of pyridine rings is 1. The van der Waals surface area contributed by atoms with Crippen LogP contribution in [0.2, 0.25) is 0 Å². The highest BCUT2D eigenvalue weighted by molar-refractivity contribution is 5.79. The van der Waals surface area contributed by atoms with Gasteiger partial charge in [0.25, 0.3) is 0 Å². The average Bonchev–Trinajstić information content (AvgIpc) is 2.78. The van der Waals surface area contributed by atoms with E-state index < -0.39 is 11.7 Å². The van der Waals surface area contributed by atoms with E-state index in [1.165, 1.54) is 0 Å². The van der Waals surface area contributed by atoms with Gasteiger partial charge in [-0.25, -0.2) is 4.99 Å². The van der Waals surface area contributed by atoms with E-state index in [0.717, 1.165) is 36.5 Å². The molecule has 1 aliphatic heterocycles. The fourth-order valence-electron chi connectivity index (χ4n) is 3.43. The van der Waals surface area contributed by atoms with E-state index in [4.69, 9.17) is 4.74 Å². The van der Waals surface area contributed by atoms with Crippen molar-refractivity contribution in [2.24, 2.45) is 4.99 Å². The largest absolute Gasteiger partial charge is 0.416 e. The van der Waals surface area contributed by atoms with Crippen LogP contribution in [0.3, 0.4) is 0 Å². The lowest BCUT2D eigenvalue weighted by Gasteiger charge is -2.35. The Kier molecular flexibility index (Phi) is 8.25. The highest BCUT2D eigenvalue weighted by Crippen LogP contribution is 2.31. The topological polar surface area (TPSA) is 61.8 Å². The lowest BCUT2D eigenvalue weighted by atomic mass is 10.0. The molecule has 3 rings (SSSR count). The van der Waals surface area contributed by atoms with Crippen molar-refractivity contribution < 1.29 is 17.9 Å². The second kappa shape index (κ2) is 11.1. The van der Waals surface area contributed by atoms with Crippen LogP contribution in [0.4, 0.5) is 13.2 Å². The Morgan fingerprint density at radius 2 is 1.87 bits per heavy atom. The quantitative estimate of drug-likeness (QED) is 0.517. The van der Waals surface area contributed by atoms with E-state index in [-0.39, 0.29) is 6.04 Å². The van der Waals surface area contributed by atoms with Gasteiger partial charge in [0.1, 0.15) is 0 Å². The molecule has 0 bridgehead atoms. The Hall–Kier alpha value is -2.65. The van der Waals surface area contributed by atoms with Crippen LogP contribution in [-0.4, -0.2) is 55.2 Å². The van der Waals surface area contributed by atoms with Gasteiger partial charge in [0.05, 0.1) is 37.1 Å². The Labute approximate surface area is 180 Å². The van der Waals surface area contributed by atoms with Gasteiger partial charge < -0.3 is 15.4 Å². The summed E-state index contributed by atoms with van der Waals surface area (Å²) in [5.74, 6) is 0.637. The predicted molar refractivity (Wildman–Crippen MR) is 114 cm³/mol. The van der Waals surface area contributed by atoms with E-state index in [9.17, 15) is 13.2 Å². The average molecular weight is 435 g/mol. The standard InChI is InChI=1S/C22H28F3N5O/c1-2-26-21(28-15-19-5-3-4-10-27-19)29-16-20(30-11-13-31-14-12-30)17-6-8-18(9-7-17)22(23,24)25/h3-10,20H,2,11-16H2,1H3,(H2,26,28,29). The van der Waals surface area contributed by atoms with Gasteiger partial charge in [0.2, 0.25) is 0 Å². The number of ether oxygens (including phenoxy) is 1. The lowest BCUT2D eigenvalue weighted by molar-refractivity contribution is -0.137. The molecule has 1 aromatic carbocycles. The summed E-state index contributed by atoms with van der Waals surface area (Å²) >= 11 is 0. The van der Waals surface area contributed by atoms with Crippen LogP contribution in [0, 0.1) is 0 Å². The van der Waals surface area contributed by atoms with Gasteiger partial charge in [-0.2, -0.15) is 13.2 Å². The second-order valence-electron chi connectivity index (χ2n) is 7.18. The molecule has 0 amide bonds. The van der Waals surface area contributed by atoms with Crippen LogP contribution in [0.5, 0.6) is 0 Å². The molecule has 2 aromatic rings. The highest BCUT2D eigenvalue weighted by atomic mass is 19.4. The molecule has 0 aliphatic carbocycles. The number of aliphatic imine (C=N–C) groups is 1. The SMILES string of the molecule is CCNC(=NCc1ccccn1)NCC(c1ccc(C(F)(F)F)cc1)N1CCOCC1. The molecule has 0 radical (unpaired) electrons. The number of alkyl halides is 3. The Bertz CT molecular complexity index is 821. The van der Waals surface area contributed by atoms with Crippen molar-refractivity contribution in [3.8, 4) is 0 Å². The summed E-state index contributed by atoms with van der Waals surface area (Å²) in [6.45, 7) is 6.24. The minimum Gasteiger partial charge on any atom is -0.379 e. The van der Waals surface area contributed by atoms with Gasteiger partial charge in [0.15, 0.2) is 5.96 Å². The molecule has 2 heterocycles. The van der Waals surface area contributed by atoms with Crippen LogP contribution in [0.1, 0.15) is 29.8 Å². The molecule has 1 aliphatic rings. The Balaban J connectivity index is 1.74. The normalized spacial score (nSPS) is 16.7. The van der Waals surface area contributed by atoms with Crippen molar-refractivity contribution >= 4 is 5.96 Å². The zero-order chi connectivity index (χ0) is 22.1. The summed E-state index contributed by atoms with van der Waals surface area (Å²) in [5, 5.41) is 6.55. The zero-order valence-corrected chi connectivity index (χ0v) is 17.5. The molecule has 1 aromatic heterocycles. The summed E-state index contributed by atoms with van der Waals surface area (Å²) in [6, 6.07) is 11.0. The Morgan fingerprint density at radius 3 is 2.48 bits per heavy atom. The predicted octanol–water partition coefficient (Wildman–Crippen LogP) is 3.23. The minimum absolute atomic E-state index is 0.107. The van der Waals surface area contributed by atoms with Gasteiger partial charge in [-0.15, -0.1) is 0 Å². The van der Waals surface area contributed by atoms with Crippen molar-refractivity contribution in [1.82, 2.24) is 20.5 Å². The summed E-state index contributed by atoms with van der Waals surface area (Å²) in [7, 11) is 0. The smallest absolute Gasteiger partial charge is 0.379 e. The maximum atomic E-state index is 13.0. The van der Waals surface area contributed by atoms with Gasteiger partial charge in [-0.1, -0.05) is 18.2 Å². The monoisotopic (exact) mass is 435 g/mol. The first-order valence-electron chi connectivity index (χ1n) is 10.4. The van der Waals surface area contributed by atoms with Crippen LogP contribution < -0.4 is 10.6 Å². The van der Waals surface area contributed by atoms with Crippen LogP contribution in [-0.2, 0) is 17.5 Å². The number of guanidine groups is 1. The first-order chi connectivity index (χ1) is 15.0. The maximum absolute atomic E-state index is 13.0. The summed E-state index contributed by atoms with van der Waals surface area (Å²) in [5.41, 5.74) is 1.03. The molecule has 0 spiro atoms. The Morgan fingerprint density at radius 1 is 1.13 bits per heavy atom. The molecule has 9 heteroatoms. The van der Waals surface area contributed by atoms with Gasteiger partial charge in [0, 0.05) is 32.4 Å². The van der Waals surface area contributed by atoms with Crippen LogP contribution in [0.15, 0.2) is 53.7 Å². The molecule has 1 fully saturated rings. The van der Waals surface area contributed by atoms with E-state index in [1.807, 2.05) is 25.1 Å². The number of nitrogens with one attached hydrogen (secondary N) is 2. The van der Waals surface area contributed by atoms with E-state index in [0.29, 0.717) is 38.8 Å². The first-order valence-corrected chi connectivity index (χ1v) is 10.4. The summed E-state index contributed by atoms with van der Waals surface area (Å²) in [4.78, 5) is 11.1. The minimum atomic E-state index is -4.35. The molecule has 2 N–H and O–H groups in total. The number of hydrogen-bond donors (Lipinski definition) is 2. The maximum Gasteiger partial charge on any atom is 0.416 e. The first kappa shape index (κ1) is 23.0. The number of aromatic nitrogens is 1. The molecule has 1 atom stereocenters. The van der Waals surface area contributed by atoms with Crippen molar-refractivity contribution in [3.63, 3.8) is 0 Å². The molecule has 1 unspecified atom stereocenters. The van der Waals surface area contributed by atoms with Crippen molar-refractivity contribution in [3.05, 3.63) is 65.5 Å². The van der Waals surface area contributed by atoms with Crippen molar-refractivity contribution in [1.29, 1.82) is 0 Å². The summed E-state index contributed by atoms with van der Waals surface area (Å²) < 4.78 is 44.4. The number of benzene rings is 1. The number of hydrogen-bond acceptors (Lipinski definition) is 4. The molecular formula is C22H28F3N5O. The van der Waals surface area contributed by atoms with E-state index in [1.54, 1.807) is 18.3 Å². The number of rotatable bonds is 7. The zero-order valence-electron chi connectivity index (χ0n) is 17.5.